The van der Waals surface area contributed by atoms with E-state index in [-0.39, 0.29) is 36.1 Å². The predicted molar refractivity (Wildman–Crippen MR) is 132 cm³/mol. The molecule has 3 aromatic carbocycles. The monoisotopic (exact) mass is 522 g/mol. The molecule has 10 heteroatoms. The molecule has 0 bridgehead atoms. The molecule has 196 valence electrons. The number of methoxy groups -OCH3 is 1. The minimum absolute atomic E-state index is 0.0402. The maximum Gasteiger partial charge on any atom is 0.586 e. The fourth-order valence-electron chi connectivity index (χ4n) is 5.20. The van der Waals surface area contributed by atoms with Crippen molar-refractivity contribution in [2.75, 3.05) is 19.0 Å². The maximum absolute atomic E-state index is 13.7. The van der Waals surface area contributed by atoms with Crippen LogP contribution in [-0.4, -0.2) is 31.9 Å². The molecular formula is C28H24F2N2O6. The zero-order valence-corrected chi connectivity index (χ0v) is 20.5. The molecule has 0 radical (unpaired) electrons. The second-order valence-corrected chi connectivity index (χ2v) is 9.74. The van der Waals surface area contributed by atoms with E-state index in [1.54, 1.807) is 19.1 Å². The first kappa shape index (κ1) is 24.0. The topological polar surface area (TPSA) is 95.1 Å². The Morgan fingerprint density at radius 3 is 2.47 bits per heavy atom. The van der Waals surface area contributed by atoms with Crippen LogP contribution in [0.15, 0.2) is 60.7 Å². The number of esters is 1. The van der Waals surface area contributed by atoms with Crippen molar-refractivity contribution in [3.63, 3.8) is 0 Å². The molecule has 0 fully saturated rings. The predicted octanol–water partition coefficient (Wildman–Crippen LogP) is 4.86. The lowest BCUT2D eigenvalue weighted by molar-refractivity contribution is -0.286. The molecule has 0 saturated carbocycles. The van der Waals surface area contributed by atoms with Crippen molar-refractivity contribution >= 4 is 17.6 Å². The largest absolute Gasteiger partial charge is 0.586 e. The van der Waals surface area contributed by atoms with Gasteiger partial charge in [-0.15, -0.1) is 8.78 Å². The first-order chi connectivity index (χ1) is 18.2. The summed E-state index contributed by atoms with van der Waals surface area (Å²) in [4.78, 5) is 25.6. The molecule has 3 aliphatic rings. The zero-order chi connectivity index (χ0) is 26.7. The molecule has 3 aromatic rings. The molecule has 3 aliphatic heterocycles. The fourth-order valence-corrected chi connectivity index (χ4v) is 5.20. The molecule has 0 aliphatic carbocycles. The van der Waals surface area contributed by atoms with E-state index in [2.05, 4.69) is 20.1 Å². The number of fused-ring (bicyclic) bond motifs is 3. The van der Waals surface area contributed by atoms with Gasteiger partial charge >= 0.3 is 12.3 Å². The van der Waals surface area contributed by atoms with E-state index in [1.807, 2.05) is 36.4 Å². The Hall–Kier alpha value is -4.34. The number of carbonyl (C=O) groups is 2. The number of amides is 1. The summed E-state index contributed by atoms with van der Waals surface area (Å²) >= 11 is 0. The van der Waals surface area contributed by atoms with Gasteiger partial charge in [-0.05, 0) is 48.7 Å². The van der Waals surface area contributed by atoms with Gasteiger partial charge in [-0.1, -0.05) is 30.3 Å². The molecule has 0 unspecified atom stereocenters. The molecule has 0 spiro atoms. The molecule has 0 saturated heterocycles. The summed E-state index contributed by atoms with van der Waals surface area (Å²) in [5.41, 5.74) is 2.52. The van der Waals surface area contributed by atoms with Crippen molar-refractivity contribution in [3.8, 4) is 17.2 Å². The lowest BCUT2D eigenvalue weighted by atomic mass is 9.82. The summed E-state index contributed by atoms with van der Waals surface area (Å²) in [5.74, 6) is -0.685. The Kier molecular flexibility index (Phi) is 5.44. The fraction of sp³-hybridized carbons (Fsp3) is 0.286. The van der Waals surface area contributed by atoms with Crippen LogP contribution < -0.4 is 24.8 Å². The zero-order valence-electron chi connectivity index (χ0n) is 20.5. The van der Waals surface area contributed by atoms with E-state index in [0.717, 1.165) is 16.8 Å². The van der Waals surface area contributed by atoms with Crippen molar-refractivity contribution in [2.24, 2.45) is 0 Å². The number of nitrogens with one attached hydrogen (secondary N) is 2. The molecular weight excluding hydrogens is 498 g/mol. The third-order valence-electron chi connectivity index (χ3n) is 7.29. The van der Waals surface area contributed by atoms with Crippen LogP contribution in [0.5, 0.6) is 17.2 Å². The number of halogens is 2. The van der Waals surface area contributed by atoms with Crippen LogP contribution >= 0.6 is 0 Å². The maximum atomic E-state index is 13.7. The number of para-hydroxylation sites is 1. The highest BCUT2D eigenvalue weighted by Gasteiger charge is 2.49. The second-order valence-electron chi connectivity index (χ2n) is 9.74. The van der Waals surface area contributed by atoms with Crippen LogP contribution in [0.25, 0.3) is 0 Å². The van der Waals surface area contributed by atoms with Crippen molar-refractivity contribution in [2.45, 2.75) is 37.1 Å². The summed E-state index contributed by atoms with van der Waals surface area (Å²) in [7, 11) is 1.33. The van der Waals surface area contributed by atoms with Gasteiger partial charge in [0.25, 0.3) is 0 Å². The van der Waals surface area contributed by atoms with Gasteiger partial charge in [-0.25, -0.2) is 4.79 Å². The third kappa shape index (κ3) is 3.96. The number of rotatable bonds is 4. The Balaban J connectivity index is 1.27. The number of alkyl halides is 2. The Labute approximate surface area is 216 Å². The van der Waals surface area contributed by atoms with E-state index in [4.69, 9.17) is 9.47 Å². The van der Waals surface area contributed by atoms with Gasteiger partial charge in [-0.2, -0.15) is 0 Å². The molecule has 3 atom stereocenters. The van der Waals surface area contributed by atoms with E-state index in [0.29, 0.717) is 23.3 Å². The highest BCUT2D eigenvalue weighted by atomic mass is 19.3. The van der Waals surface area contributed by atoms with Crippen LogP contribution in [0.1, 0.15) is 52.5 Å². The number of anilines is 1. The van der Waals surface area contributed by atoms with Crippen molar-refractivity contribution in [1.82, 2.24) is 5.32 Å². The van der Waals surface area contributed by atoms with E-state index < -0.39 is 17.7 Å². The van der Waals surface area contributed by atoms with Crippen molar-refractivity contribution < 1.29 is 37.3 Å². The summed E-state index contributed by atoms with van der Waals surface area (Å²) < 4.78 is 46.8. The SMILES string of the molecule is COC(=O)c1ccc([C@H]2C[C@@H](NC(=O)[C@@]3(C)COc4cc5c(cc43)OC(F)(F)O5)c3ccccc3N2)cc1. The summed E-state index contributed by atoms with van der Waals surface area (Å²) in [5, 5.41) is 6.68. The van der Waals surface area contributed by atoms with Gasteiger partial charge in [0.15, 0.2) is 11.5 Å². The first-order valence-corrected chi connectivity index (χ1v) is 12.1. The number of hydrogen-bond donors (Lipinski definition) is 2. The lowest BCUT2D eigenvalue weighted by Gasteiger charge is -2.35. The van der Waals surface area contributed by atoms with Crippen molar-refractivity contribution in [1.29, 1.82) is 0 Å². The van der Waals surface area contributed by atoms with Gasteiger partial charge < -0.3 is 29.6 Å². The molecule has 8 nitrogen and oxygen atoms in total. The first-order valence-electron chi connectivity index (χ1n) is 12.1. The number of benzene rings is 3. The van der Waals surface area contributed by atoms with Crippen LogP contribution in [0, 0.1) is 0 Å². The summed E-state index contributed by atoms with van der Waals surface area (Å²) in [6, 6.07) is 17.1. The van der Waals surface area contributed by atoms with E-state index in [1.165, 1.54) is 19.2 Å². The van der Waals surface area contributed by atoms with Crippen LogP contribution in [0.4, 0.5) is 14.5 Å². The van der Waals surface area contributed by atoms with E-state index in [9.17, 15) is 18.4 Å². The van der Waals surface area contributed by atoms with Gasteiger partial charge in [0.2, 0.25) is 5.91 Å². The smallest absolute Gasteiger partial charge is 0.492 e. The van der Waals surface area contributed by atoms with Crippen LogP contribution in [0.3, 0.4) is 0 Å². The van der Waals surface area contributed by atoms with Crippen molar-refractivity contribution in [3.05, 3.63) is 82.9 Å². The van der Waals surface area contributed by atoms with Crippen LogP contribution in [0.2, 0.25) is 0 Å². The molecule has 0 aromatic heterocycles. The molecule has 6 rings (SSSR count). The molecule has 2 N–H and O–H groups in total. The second kappa shape index (κ2) is 8.61. The van der Waals surface area contributed by atoms with Gasteiger partial charge in [-0.3, -0.25) is 4.79 Å². The Morgan fingerprint density at radius 2 is 1.74 bits per heavy atom. The lowest BCUT2D eigenvalue weighted by Crippen LogP contribution is -2.46. The Morgan fingerprint density at radius 1 is 1.03 bits per heavy atom. The standard InChI is InChI=1S/C28H24F2N2O6/c1-27(14-36-22-13-24-23(11-18(22)27)37-28(29,30)38-24)26(34)32-21-12-20(31-19-6-4-3-5-17(19)21)15-7-9-16(10-8-15)25(33)35-2/h3-11,13,20-21,31H,12,14H2,1-2H3,(H,32,34)/t20-,21-,27+/m1/s1. The average molecular weight is 523 g/mol. The van der Waals surface area contributed by atoms with Gasteiger partial charge in [0.1, 0.15) is 17.8 Å². The summed E-state index contributed by atoms with van der Waals surface area (Å²) in [6.45, 7) is 1.75. The quantitative estimate of drug-likeness (QED) is 0.473. The summed E-state index contributed by atoms with van der Waals surface area (Å²) in [6.07, 6.45) is -3.23. The van der Waals surface area contributed by atoms with Crippen LogP contribution in [-0.2, 0) is 14.9 Å². The van der Waals surface area contributed by atoms with E-state index >= 15 is 0 Å². The average Bonchev–Trinajstić information content (AvgIpc) is 3.41. The highest BCUT2D eigenvalue weighted by Crippen LogP contribution is 2.50. The number of carbonyl (C=O) groups excluding carboxylic acids is 2. The highest BCUT2D eigenvalue weighted by molar-refractivity contribution is 5.91. The van der Waals surface area contributed by atoms with Gasteiger partial charge in [0.05, 0.1) is 24.8 Å². The van der Waals surface area contributed by atoms with Gasteiger partial charge in [0, 0.05) is 17.3 Å². The number of hydrogen-bond acceptors (Lipinski definition) is 7. The normalized spacial score (nSPS) is 23.9. The molecule has 38 heavy (non-hydrogen) atoms. The minimum Gasteiger partial charge on any atom is -0.492 e. The minimum atomic E-state index is -3.76. The molecule has 1 amide bonds. The molecule has 3 heterocycles. The Bertz CT molecular complexity index is 1440. The number of ether oxygens (including phenoxy) is 4. The third-order valence-corrected chi connectivity index (χ3v) is 7.29.